The van der Waals surface area contributed by atoms with Gasteiger partial charge in [0, 0.05) is 5.69 Å². The Morgan fingerprint density at radius 3 is 2.41 bits per heavy atom. The van der Waals surface area contributed by atoms with Crippen molar-refractivity contribution in [2.24, 2.45) is 0 Å². The summed E-state index contributed by atoms with van der Waals surface area (Å²) in [5.74, 6) is -0.252. The molecule has 0 aliphatic carbocycles. The summed E-state index contributed by atoms with van der Waals surface area (Å²) < 4.78 is 71.6. The van der Waals surface area contributed by atoms with Crippen LogP contribution in [0.5, 0.6) is 5.75 Å². The third-order valence-electron chi connectivity index (χ3n) is 4.40. The summed E-state index contributed by atoms with van der Waals surface area (Å²) in [6, 6.07) is 16.4. The first-order chi connectivity index (χ1) is 15.1. The maximum Gasteiger partial charge on any atom is 0.416 e. The molecule has 2 N–H and O–H groups in total. The lowest BCUT2D eigenvalue weighted by Crippen LogP contribution is -2.17. The van der Waals surface area contributed by atoms with Gasteiger partial charge in [-0.15, -0.1) is 0 Å². The maximum atomic E-state index is 12.8. The van der Waals surface area contributed by atoms with Gasteiger partial charge >= 0.3 is 6.18 Å². The summed E-state index contributed by atoms with van der Waals surface area (Å²) in [6.45, 7) is 0. The van der Waals surface area contributed by atoms with Crippen LogP contribution in [-0.2, 0) is 27.4 Å². The van der Waals surface area contributed by atoms with E-state index in [-0.39, 0.29) is 28.3 Å². The smallest absolute Gasteiger partial charge is 0.416 e. The van der Waals surface area contributed by atoms with E-state index in [4.69, 9.17) is 4.74 Å². The molecule has 0 bridgehead atoms. The second-order valence-corrected chi connectivity index (χ2v) is 8.44. The van der Waals surface area contributed by atoms with E-state index in [1.165, 1.54) is 49.6 Å². The Bertz CT molecular complexity index is 1230. The van der Waals surface area contributed by atoms with Gasteiger partial charge in [0.15, 0.2) is 0 Å². The van der Waals surface area contributed by atoms with Crippen molar-refractivity contribution < 1.29 is 31.1 Å². The van der Waals surface area contributed by atoms with Crippen LogP contribution in [0.25, 0.3) is 0 Å². The van der Waals surface area contributed by atoms with Gasteiger partial charge in [0.1, 0.15) is 5.75 Å². The number of amides is 1. The standard InChI is InChI=1S/C22H19F3N2O4S/c1-31-20-11-3-2-10-19(20)27-32(29,30)18-9-5-8-17(14-18)26-21(28)13-15-6-4-7-16(12-15)22(23,24)25/h2-12,14,27H,13H2,1H3,(H,26,28). The number of rotatable bonds is 7. The predicted molar refractivity (Wildman–Crippen MR) is 114 cm³/mol. The van der Waals surface area contributed by atoms with Crippen molar-refractivity contribution in [2.75, 3.05) is 17.1 Å². The van der Waals surface area contributed by atoms with Crippen LogP contribution in [0.2, 0.25) is 0 Å². The zero-order valence-corrected chi connectivity index (χ0v) is 17.6. The number of carbonyl (C=O) groups excluding carboxylic acids is 1. The molecule has 0 saturated heterocycles. The number of carbonyl (C=O) groups is 1. The molecule has 1 amide bonds. The lowest BCUT2D eigenvalue weighted by Gasteiger charge is -2.13. The molecular weight excluding hydrogens is 445 g/mol. The Hall–Kier alpha value is -3.53. The topological polar surface area (TPSA) is 84.5 Å². The van der Waals surface area contributed by atoms with Gasteiger partial charge in [-0.1, -0.05) is 36.4 Å². The Balaban J connectivity index is 1.74. The van der Waals surface area contributed by atoms with Crippen molar-refractivity contribution in [3.8, 4) is 5.75 Å². The van der Waals surface area contributed by atoms with E-state index in [0.717, 1.165) is 12.1 Å². The van der Waals surface area contributed by atoms with Gasteiger partial charge in [0.25, 0.3) is 10.0 Å². The number of ether oxygens (including phenoxy) is 1. The average molecular weight is 464 g/mol. The van der Waals surface area contributed by atoms with Crippen molar-refractivity contribution >= 4 is 27.3 Å². The van der Waals surface area contributed by atoms with Crippen LogP contribution in [0, 0.1) is 0 Å². The number of benzene rings is 3. The third kappa shape index (κ3) is 5.79. The van der Waals surface area contributed by atoms with Crippen LogP contribution in [-0.4, -0.2) is 21.4 Å². The van der Waals surface area contributed by atoms with E-state index in [9.17, 15) is 26.4 Å². The molecule has 0 spiro atoms. The van der Waals surface area contributed by atoms with Crippen molar-refractivity contribution in [3.05, 3.63) is 83.9 Å². The minimum absolute atomic E-state index is 0.111. The van der Waals surface area contributed by atoms with Crippen LogP contribution in [0.1, 0.15) is 11.1 Å². The monoisotopic (exact) mass is 464 g/mol. The molecule has 3 aromatic rings. The van der Waals surface area contributed by atoms with E-state index < -0.39 is 27.7 Å². The molecule has 3 aromatic carbocycles. The minimum Gasteiger partial charge on any atom is -0.495 e. The van der Waals surface area contributed by atoms with E-state index in [0.29, 0.717) is 5.75 Å². The molecule has 168 valence electrons. The number of halogens is 3. The fraction of sp³-hybridized carbons (Fsp3) is 0.136. The Labute approximate surface area is 183 Å². The van der Waals surface area contributed by atoms with Crippen molar-refractivity contribution in [1.82, 2.24) is 0 Å². The molecule has 32 heavy (non-hydrogen) atoms. The van der Waals surface area contributed by atoms with Crippen LogP contribution in [0.15, 0.2) is 77.7 Å². The van der Waals surface area contributed by atoms with Gasteiger partial charge in [0.2, 0.25) is 5.91 Å². The molecule has 0 fully saturated rings. The Morgan fingerprint density at radius 2 is 1.69 bits per heavy atom. The van der Waals surface area contributed by atoms with Crippen molar-refractivity contribution in [2.45, 2.75) is 17.5 Å². The summed E-state index contributed by atoms with van der Waals surface area (Å²) in [7, 11) is -2.58. The van der Waals surface area contributed by atoms with Gasteiger partial charge in [-0.3, -0.25) is 9.52 Å². The third-order valence-corrected chi connectivity index (χ3v) is 5.76. The molecular formula is C22H19F3N2O4S. The quantitative estimate of drug-likeness (QED) is 0.531. The maximum absolute atomic E-state index is 12.8. The second-order valence-electron chi connectivity index (χ2n) is 6.76. The van der Waals surface area contributed by atoms with E-state index >= 15 is 0 Å². The van der Waals surface area contributed by atoms with Gasteiger partial charge in [-0.2, -0.15) is 13.2 Å². The summed E-state index contributed by atoms with van der Waals surface area (Å²) in [5.41, 5.74) is -0.240. The first-order valence-corrected chi connectivity index (χ1v) is 10.8. The van der Waals surface area contributed by atoms with Crippen LogP contribution < -0.4 is 14.8 Å². The van der Waals surface area contributed by atoms with Gasteiger partial charge in [0.05, 0.1) is 29.7 Å². The number of hydrogen-bond acceptors (Lipinski definition) is 4. The van der Waals surface area contributed by atoms with Crippen LogP contribution >= 0.6 is 0 Å². The number of hydrogen-bond donors (Lipinski definition) is 2. The molecule has 0 atom stereocenters. The van der Waals surface area contributed by atoms with Gasteiger partial charge in [-0.05, 0) is 42.0 Å². The number of nitrogens with one attached hydrogen (secondary N) is 2. The van der Waals surface area contributed by atoms with Gasteiger partial charge < -0.3 is 10.1 Å². The highest BCUT2D eigenvalue weighted by atomic mass is 32.2. The number of alkyl halides is 3. The van der Waals surface area contributed by atoms with Crippen molar-refractivity contribution in [1.29, 1.82) is 0 Å². The Morgan fingerprint density at radius 1 is 0.969 bits per heavy atom. The lowest BCUT2D eigenvalue weighted by molar-refractivity contribution is -0.137. The second kappa shape index (κ2) is 9.31. The highest BCUT2D eigenvalue weighted by molar-refractivity contribution is 7.92. The molecule has 0 aliphatic rings. The fourth-order valence-electron chi connectivity index (χ4n) is 2.92. The Kier molecular flexibility index (Phi) is 6.73. The average Bonchev–Trinajstić information content (AvgIpc) is 2.73. The molecule has 0 heterocycles. The number of methoxy groups -OCH3 is 1. The van der Waals surface area contributed by atoms with E-state index in [2.05, 4.69) is 10.0 Å². The summed E-state index contributed by atoms with van der Waals surface area (Å²) in [4.78, 5) is 12.2. The zero-order valence-electron chi connectivity index (χ0n) is 16.8. The molecule has 0 aliphatic heterocycles. The lowest BCUT2D eigenvalue weighted by atomic mass is 10.1. The fourth-order valence-corrected chi connectivity index (χ4v) is 4.04. The minimum atomic E-state index is -4.51. The van der Waals surface area contributed by atoms with E-state index in [1.54, 1.807) is 18.2 Å². The summed E-state index contributed by atoms with van der Waals surface area (Å²) in [5, 5.41) is 2.51. The first-order valence-electron chi connectivity index (χ1n) is 9.30. The summed E-state index contributed by atoms with van der Waals surface area (Å²) >= 11 is 0. The molecule has 0 aromatic heterocycles. The van der Waals surface area contributed by atoms with E-state index in [1.807, 2.05) is 0 Å². The summed E-state index contributed by atoms with van der Waals surface area (Å²) in [6.07, 6.45) is -4.82. The molecule has 10 heteroatoms. The van der Waals surface area contributed by atoms with Crippen LogP contribution in [0.3, 0.4) is 0 Å². The molecule has 0 unspecified atom stereocenters. The van der Waals surface area contributed by atoms with Crippen LogP contribution in [0.4, 0.5) is 24.5 Å². The van der Waals surface area contributed by atoms with Crippen molar-refractivity contribution in [3.63, 3.8) is 0 Å². The molecule has 3 rings (SSSR count). The molecule has 0 saturated carbocycles. The van der Waals surface area contributed by atoms with Gasteiger partial charge in [-0.25, -0.2) is 8.42 Å². The molecule has 6 nitrogen and oxygen atoms in total. The number of sulfonamides is 1. The normalized spacial score (nSPS) is 11.6. The SMILES string of the molecule is COc1ccccc1NS(=O)(=O)c1cccc(NC(=O)Cc2cccc(C(F)(F)F)c2)c1. The molecule has 0 radical (unpaired) electrons. The number of anilines is 2. The highest BCUT2D eigenvalue weighted by Crippen LogP contribution is 2.30. The predicted octanol–water partition coefficient (Wildman–Crippen LogP) is 4.70. The zero-order chi connectivity index (χ0) is 23.4. The number of para-hydroxylation sites is 2. The first kappa shape index (κ1) is 23.1. The largest absolute Gasteiger partial charge is 0.495 e. The highest BCUT2D eigenvalue weighted by Gasteiger charge is 2.30.